The Morgan fingerprint density at radius 1 is 1.48 bits per heavy atom. The molecule has 1 aliphatic rings. The van der Waals surface area contributed by atoms with Crippen LogP contribution < -0.4 is 5.32 Å². The number of aryl methyl sites for hydroxylation is 1. The molecule has 1 aliphatic heterocycles. The fourth-order valence-electron chi connectivity index (χ4n) is 2.85. The van der Waals surface area contributed by atoms with Crippen LogP contribution in [0.1, 0.15) is 45.1 Å². The fraction of sp³-hybridized carbons (Fsp3) is 0.632. The Bertz CT molecular complexity index is 553. The van der Waals surface area contributed by atoms with Crippen LogP contribution in [0.4, 0.5) is 4.79 Å². The minimum absolute atomic E-state index is 0.0906. The predicted molar refractivity (Wildman–Crippen MR) is 103 cm³/mol. The highest BCUT2D eigenvalue weighted by Crippen LogP contribution is 2.23. The largest absolute Gasteiger partial charge is 0.338 e. The molecule has 2 rings (SSSR count). The lowest BCUT2D eigenvalue weighted by Crippen LogP contribution is -2.46. The third-order valence-electron chi connectivity index (χ3n) is 4.66. The maximum Gasteiger partial charge on any atom is 0.318 e. The third-order valence-corrected chi connectivity index (χ3v) is 5.71. The van der Waals surface area contributed by atoms with E-state index in [0.29, 0.717) is 19.0 Å². The Labute approximate surface area is 155 Å². The molecule has 2 amide bonds. The van der Waals surface area contributed by atoms with E-state index in [1.165, 1.54) is 17.3 Å². The molecule has 1 aromatic heterocycles. The number of rotatable bonds is 8. The van der Waals surface area contributed by atoms with Crippen LogP contribution >= 0.6 is 11.8 Å². The van der Waals surface area contributed by atoms with Crippen LogP contribution in [0.15, 0.2) is 24.5 Å². The van der Waals surface area contributed by atoms with Gasteiger partial charge in [-0.1, -0.05) is 38.1 Å². The number of carbonyl (C=O) groups excluding carboxylic acids is 2. The highest BCUT2D eigenvalue weighted by molar-refractivity contribution is 8.13. The molecule has 5 nitrogen and oxygen atoms in total. The lowest BCUT2D eigenvalue weighted by Gasteiger charge is -2.24. The van der Waals surface area contributed by atoms with Crippen molar-refractivity contribution in [3.05, 3.63) is 30.1 Å². The first-order valence-electron chi connectivity index (χ1n) is 9.21. The molecule has 138 valence electrons. The van der Waals surface area contributed by atoms with Gasteiger partial charge in [-0.05, 0) is 43.2 Å². The average Bonchev–Trinajstić information content (AvgIpc) is 3.13. The van der Waals surface area contributed by atoms with Gasteiger partial charge in [0.2, 0.25) is 5.12 Å². The molecule has 1 N–H and O–H groups in total. The molecule has 2 atom stereocenters. The first-order chi connectivity index (χ1) is 12.1. The van der Waals surface area contributed by atoms with Crippen LogP contribution in [0.3, 0.4) is 0 Å². The van der Waals surface area contributed by atoms with E-state index in [2.05, 4.69) is 30.2 Å². The van der Waals surface area contributed by atoms with E-state index in [0.717, 1.165) is 37.9 Å². The zero-order chi connectivity index (χ0) is 18.1. The van der Waals surface area contributed by atoms with E-state index in [4.69, 9.17) is 0 Å². The van der Waals surface area contributed by atoms with Gasteiger partial charge in [-0.15, -0.1) is 0 Å². The monoisotopic (exact) mass is 363 g/mol. The number of hydrogen-bond donors (Lipinski definition) is 1. The summed E-state index contributed by atoms with van der Waals surface area (Å²) in [7, 11) is 0. The molecule has 0 radical (unpaired) electrons. The second-order valence-corrected chi connectivity index (χ2v) is 7.78. The highest BCUT2D eigenvalue weighted by atomic mass is 32.2. The summed E-state index contributed by atoms with van der Waals surface area (Å²) < 4.78 is 0. The topological polar surface area (TPSA) is 62.3 Å². The summed E-state index contributed by atoms with van der Waals surface area (Å²) in [6, 6.07) is 3.63. The smallest absolute Gasteiger partial charge is 0.318 e. The van der Waals surface area contributed by atoms with Gasteiger partial charge in [0.05, 0.1) is 0 Å². The summed E-state index contributed by atoms with van der Waals surface area (Å²) in [6.07, 6.45) is 8.23. The highest BCUT2D eigenvalue weighted by Gasteiger charge is 2.33. The molecule has 2 unspecified atom stereocenters. The second-order valence-electron chi connectivity index (χ2n) is 6.68. The molecule has 0 bridgehead atoms. The summed E-state index contributed by atoms with van der Waals surface area (Å²) in [6.45, 7) is 5.58. The standard InChI is InChI=1S/C19H29N3O2S/c1-3-15(2)13-21-19(24)22-11-5-9-17(22)18(23)25-12-6-8-16-7-4-10-20-14-16/h4,7,10,14-15,17H,3,5-6,8-9,11-13H2,1-2H3,(H,21,24). The molecule has 1 fully saturated rings. The van der Waals surface area contributed by atoms with Crippen molar-refractivity contribution in [2.45, 2.75) is 52.0 Å². The van der Waals surface area contributed by atoms with Crippen molar-refractivity contribution in [1.29, 1.82) is 0 Å². The van der Waals surface area contributed by atoms with Crippen LogP contribution in [0.2, 0.25) is 0 Å². The van der Waals surface area contributed by atoms with Gasteiger partial charge in [-0.3, -0.25) is 9.78 Å². The van der Waals surface area contributed by atoms with Gasteiger partial charge in [0.25, 0.3) is 0 Å². The van der Waals surface area contributed by atoms with E-state index in [1.807, 2.05) is 12.3 Å². The van der Waals surface area contributed by atoms with Crippen molar-refractivity contribution >= 4 is 22.9 Å². The minimum atomic E-state index is -0.264. The first kappa shape index (κ1) is 19.8. The molecule has 0 saturated carbocycles. The fourth-order valence-corrected chi connectivity index (χ4v) is 3.78. The van der Waals surface area contributed by atoms with E-state index in [-0.39, 0.29) is 17.2 Å². The van der Waals surface area contributed by atoms with Gasteiger partial charge < -0.3 is 10.2 Å². The van der Waals surface area contributed by atoms with Crippen molar-refractivity contribution in [2.75, 3.05) is 18.8 Å². The quantitative estimate of drug-likeness (QED) is 0.718. The number of nitrogens with zero attached hydrogens (tertiary/aromatic N) is 2. The second kappa shape index (κ2) is 10.4. The molecule has 1 saturated heterocycles. The molecule has 0 spiro atoms. The molecule has 2 heterocycles. The van der Waals surface area contributed by atoms with Crippen molar-refractivity contribution in [3.8, 4) is 0 Å². The molecule has 1 aromatic rings. The van der Waals surface area contributed by atoms with Crippen LogP contribution in [0, 0.1) is 5.92 Å². The Hall–Kier alpha value is -1.56. The maximum absolute atomic E-state index is 12.5. The number of amides is 2. The van der Waals surface area contributed by atoms with Gasteiger partial charge in [-0.2, -0.15) is 0 Å². The molecule has 0 aliphatic carbocycles. The number of hydrogen-bond acceptors (Lipinski definition) is 4. The number of urea groups is 1. The van der Waals surface area contributed by atoms with Gasteiger partial charge in [0.1, 0.15) is 6.04 Å². The van der Waals surface area contributed by atoms with E-state index in [1.54, 1.807) is 11.1 Å². The third kappa shape index (κ3) is 6.34. The molecule has 6 heteroatoms. The summed E-state index contributed by atoms with van der Waals surface area (Å²) >= 11 is 1.36. The number of pyridine rings is 1. The van der Waals surface area contributed by atoms with E-state index in [9.17, 15) is 9.59 Å². The zero-order valence-corrected chi connectivity index (χ0v) is 16.1. The molecule has 0 aromatic carbocycles. The number of nitrogens with one attached hydrogen (secondary N) is 1. The number of carbonyl (C=O) groups is 2. The number of thioether (sulfide) groups is 1. The lowest BCUT2D eigenvalue weighted by molar-refractivity contribution is -0.114. The Morgan fingerprint density at radius 3 is 3.04 bits per heavy atom. The summed E-state index contributed by atoms with van der Waals surface area (Å²) in [5, 5.41) is 3.09. The summed E-state index contributed by atoms with van der Waals surface area (Å²) in [4.78, 5) is 30.7. The Morgan fingerprint density at radius 2 is 2.32 bits per heavy atom. The molecular formula is C19H29N3O2S. The molecule has 25 heavy (non-hydrogen) atoms. The van der Waals surface area contributed by atoms with E-state index < -0.39 is 0 Å². The Kier molecular flexibility index (Phi) is 8.25. The van der Waals surface area contributed by atoms with Gasteiger partial charge in [0, 0.05) is 31.2 Å². The predicted octanol–water partition coefficient (Wildman–Crippen LogP) is 3.49. The van der Waals surface area contributed by atoms with Gasteiger partial charge >= 0.3 is 6.03 Å². The van der Waals surface area contributed by atoms with Crippen molar-refractivity contribution in [2.24, 2.45) is 5.92 Å². The Balaban J connectivity index is 1.73. The van der Waals surface area contributed by atoms with Gasteiger partial charge in [0.15, 0.2) is 0 Å². The van der Waals surface area contributed by atoms with Crippen molar-refractivity contribution in [3.63, 3.8) is 0 Å². The van der Waals surface area contributed by atoms with Crippen molar-refractivity contribution < 1.29 is 9.59 Å². The number of aromatic nitrogens is 1. The maximum atomic E-state index is 12.5. The van der Waals surface area contributed by atoms with Crippen molar-refractivity contribution in [1.82, 2.24) is 15.2 Å². The SMILES string of the molecule is CCC(C)CNC(=O)N1CCCC1C(=O)SCCCc1cccnc1. The number of likely N-dealkylation sites (tertiary alicyclic amines) is 1. The van der Waals surface area contributed by atoms with Gasteiger partial charge in [-0.25, -0.2) is 4.79 Å². The molecular weight excluding hydrogens is 334 g/mol. The van der Waals surface area contributed by atoms with E-state index >= 15 is 0 Å². The van der Waals surface area contributed by atoms with Crippen LogP contribution in [-0.2, 0) is 11.2 Å². The zero-order valence-electron chi connectivity index (χ0n) is 15.2. The minimum Gasteiger partial charge on any atom is -0.338 e. The summed E-state index contributed by atoms with van der Waals surface area (Å²) in [5.74, 6) is 1.24. The average molecular weight is 364 g/mol. The van der Waals surface area contributed by atoms with Crippen LogP contribution in [0.25, 0.3) is 0 Å². The summed E-state index contributed by atoms with van der Waals surface area (Å²) in [5.41, 5.74) is 1.20. The first-order valence-corrected chi connectivity index (χ1v) is 10.2. The normalized spacial score (nSPS) is 18.2. The van der Waals surface area contributed by atoms with Crippen LogP contribution in [0.5, 0.6) is 0 Å². The van der Waals surface area contributed by atoms with Crippen LogP contribution in [-0.4, -0.2) is 45.9 Å². The lowest BCUT2D eigenvalue weighted by atomic mass is 10.1.